The minimum Gasteiger partial charge on any atom is -0.463 e. The molecule has 0 saturated heterocycles. The van der Waals surface area contributed by atoms with E-state index in [9.17, 15) is 18.4 Å². The van der Waals surface area contributed by atoms with Crippen LogP contribution in [0.2, 0.25) is 0 Å². The fourth-order valence-electron chi connectivity index (χ4n) is 1.78. The van der Waals surface area contributed by atoms with Crippen molar-refractivity contribution in [1.82, 2.24) is 0 Å². The Morgan fingerprint density at radius 2 is 1.88 bits per heavy atom. The molecule has 0 aliphatic carbocycles. The second kappa shape index (κ2) is 8.62. The first kappa shape index (κ1) is 18.2. The van der Waals surface area contributed by atoms with E-state index in [2.05, 4.69) is 9.47 Å². The molecule has 0 spiro atoms. The quantitative estimate of drug-likeness (QED) is 0.561. The Labute approximate surface area is 141 Å². The summed E-state index contributed by atoms with van der Waals surface area (Å²) in [5.41, 5.74) is 0.601. The molecular formula is C17H14F2O6. The van der Waals surface area contributed by atoms with Crippen molar-refractivity contribution in [3.8, 4) is 5.75 Å². The van der Waals surface area contributed by atoms with Gasteiger partial charge in [0.2, 0.25) is 5.76 Å². The van der Waals surface area contributed by atoms with E-state index in [1.54, 1.807) is 0 Å². The van der Waals surface area contributed by atoms with E-state index in [1.165, 1.54) is 55.7 Å². The minimum atomic E-state index is -2.89. The normalized spacial score (nSPS) is 10.9. The van der Waals surface area contributed by atoms with Gasteiger partial charge in [0.05, 0.1) is 7.11 Å². The summed E-state index contributed by atoms with van der Waals surface area (Å²) in [6.45, 7) is -3.04. The van der Waals surface area contributed by atoms with Crippen molar-refractivity contribution < 1.29 is 37.0 Å². The van der Waals surface area contributed by atoms with Gasteiger partial charge in [-0.2, -0.15) is 8.78 Å². The lowest BCUT2D eigenvalue weighted by Gasteiger charge is -2.03. The van der Waals surface area contributed by atoms with Crippen LogP contribution in [0.15, 0.2) is 46.9 Å². The summed E-state index contributed by atoms with van der Waals surface area (Å²) in [7, 11) is 1.22. The number of esters is 2. The molecule has 25 heavy (non-hydrogen) atoms. The zero-order chi connectivity index (χ0) is 18.2. The van der Waals surface area contributed by atoms with E-state index in [1.807, 2.05) is 0 Å². The van der Waals surface area contributed by atoms with Gasteiger partial charge in [0.25, 0.3) is 0 Å². The van der Waals surface area contributed by atoms with E-state index in [-0.39, 0.29) is 23.9 Å². The largest absolute Gasteiger partial charge is 0.463 e. The van der Waals surface area contributed by atoms with Crippen molar-refractivity contribution in [3.05, 3.63) is 59.6 Å². The second-order valence-electron chi connectivity index (χ2n) is 4.65. The SMILES string of the molecule is COC(=O)c1ccc(COC(=O)C=Cc2ccc(OC(F)F)cc2)o1. The monoisotopic (exact) mass is 352 g/mol. The Morgan fingerprint density at radius 3 is 2.52 bits per heavy atom. The number of alkyl halides is 2. The average Bonchev–Trinajstić information content (AvgIpc) is 3.07. The van der Waals surface area contributed by atoms with Crippen LogP contribution in [-0.4, -0.2) is 25.7 Å². The van der Waals surface area contributed by atoms with Crippen molar-refractivity contribution in [2.75, 3.05) is 7.11 Å². The number of methoxy groups -OCH3 is 1. The summed E-state index contributed by atoms with van der Waals surface area (Å²) in [5, 5.41) is 0. The molecule has 1 aromatic heterocycles. The number of hydrogen-bond donors (Lipinski definition) is 0. The number of furan rings is 1. The molecule has 0 fully saturated rings. The molecule has 2 aromatic rings. The van der Waals surface area contributed by atoms with Crippen LogP contribution in [0.25, 0.3) is 6.08 Å². The average molecular weight is 352 g/mol. The number of benzene rings is 1. The molecule has 0 atom stereocenters. The van der Waals surface area contributed by atoms with Gasteiger partial charge in [-0.3, -0.25) is 0 Å². The lowest BCUT2D eigenvalue weighted by molar-refractivity contribution is -0.139. The molecule has 6 nitrogen and oxygen atoms in total. The van der Waals surface area contributed by atoms with E-state index in [0.29, 0.717) is 5.56 Å². The number of carbonyl (C=O) groups is 2. The summed E-state index contributed by atoms with van der Waals surface area (Å²) in [4.78, 5) is 22.9. The van der Waals surface area contributed by atoms with E-state index < -0.39 is 18.6 Å². The maximum Gasteiger partial charge on any atom is 0.387 e. The molecule has 0 radical (unpaired) electrons. The number of rotatable bonds is 7. The summed E-state index contributed by atoms with van der Waals surface area (Å²) < 4.78 is 42.9. The first-order valence-electron chi connectivity index (χ1n) is 7.04. The van der Waals surface area contributed by atoms with Gasteiger partial charge in [-0.25, -0.2) is 9.59 Å². The molecule has 1 aromatic carbocycles. The fourth-order valence-corrected chi connectivity index (χ4v) is 1.78. The maximum atomic E-state index is 12.0. The van der Waals surface area contributed by atoms with Gasteiger partial charge in [0.1, 0.15) is 18.1 Å². The van der Waals surface area contributed by atoms with Gasteiger partial charge in [0, 0.05) is 6.08 Å². The molecule has 1 heterocycles. The maximum absolute atomic E-state index is 12.0. The number of carbonyl (C=O) groups excluding carboxylic acids is 2. The third kappa shape index (κ3) is 5.76. The van der Waals surface area contributed by atoms with Gasteiger partial charge in [-0.15, -0.1) is 0 Å². The smallest absolute Gasteiger partial charge is 0.387 e. The molecule has 8 heteroatoms. The van der Waals surface area contributed by atoms with Crippen LogP contribution in [0, 0.1) is 0 Å². The van der Waals surface area contributed by atoms with Gasteiger partial charge in [0.15, 0.2) is 0 Å². The zero-order valence-corrected chi connectivity index (χ0v) is 13.1. The zero-order valence-electron chi connectivity index (χ0n) is 13.1. The first-order valence-corrected chi connectivity index (χ1v) is 7.04. The molecule has 0 unspecified atom stereocenters. The molecule has 132 valence electrons. The van der Waals surface area contributed by atoms with Crippen molar-refractivity contribution in [3.63, 3.8) is 0 Å². The summed E-state index contributed by atoms with van der Waals surface area (Å²) >= 11 is 0. The van der Waals surface area contributed by atoms with Crippen LogP contribution in [-0.2, 0) is 20.9 Å². The van der Waals surface area contributed by atoms with Gasteiger partial charge in [-0.1, -0.05) is 12.1 Å². The molecular weight excluding hydrogens is 338 g/mol. The standard InChI is InChI=1S/C17H14F2O6/c1-22-16(21)14-8-7-13(24-14)10-23-15(20)9-4-11-2-5-12(6-3-11)25-17(18)19/h2-9,17H,10H2,1H3. The Kier molecular flexibility index (Phi) is 6.27. The van der Waals surface area contributed by atoms with Crippen LogP contribution in [0.5, 0.6) is 5.75 Å². The highest BCUT2D eigenvalue weighted by atomic mass is 19.3. The van der Waals surface area contributed by atoms with Crippen molar-refractivity contribution in [2.24, 2.45) is 0 Å². The lowest BCUT2D eigenvalue weighted by Crippen LogP contribution is -2.01. The molecule has 0 aliphatic heterocycles. The van der Waals surface area contributed by atoms with Gasteiger partial charge >= 0.3 is 18.6 Å². The summed E-state index contributed by atoms with van der Waals surface area (Å²) in [6.07, 6.45) is 2.63. The molecule has 2 rings (SSSR count). The Balaban J connectivity index is 1.84. The van der Waals surface area contributed by atoms with E-state index >= 15 is 0 Å². The Bertz CT molecular complexity index is 749. The molecule has 0 aliphatic rings. The highest BCUT2D eigenvalue weighted by Crippen LogP contribution is 2.16. The van der Waals surface area contributed by atoms with Crippen LogP contribution < -0.4 is 4.74 Å². The van der Waals surface area contributed by atoms with Crippen molar-refractivity contribution in [2.45, 2.75) is 13.2 Å². The van der Waals surface area contributed by atoms with Crippen molar-refractivity contribution >= 4 is 18.0 Å². The Hall–Kier alpha value is -3.16. The van der Waals surface area contributed by atoms with Gasteiger partial charge < -0.3 is 18.6 Å². The van der Waals surface area contributed by atoms with Crippen LogP contribution in [0.4, 0.5) is 8.78 Å². The number of halogens is 2. The summed E-state index contributed by atoms with van der Waals surface area (Å²) in [5.74, 6) is -0.944. The first-order chi connectivity index (χ1) is 12.0. The number of hydrogen-bond acceptors (Lipinski definition) is 6. The molecule has 0 amide bonds. The minimum absolute atomic E-state index is 0.00944. The predicted octanol–water partition coefficient (Wildman–Crippen LogP) is 3.42. The molecule has 0 bridgehead atoms. The van der Waals surface area contributed by atoms with Gasteiger partial charge in [-0.05, 0) is 35.9 Å². The highest BCUT2D eigenvalue weighted by Gasteiger charge is 2.11. The third-order valence-corrected chi connectivity index (χ3v) is 2.92. The summed E-state index contributed by atoms with van der Waals surface area (Å²) in [6, 6.07) is 8.63. The Morgan fingerprint density at radius 1 is 1.16 bits per heavy atom. The van der Waals surface area contributed by atoms with Crippen molar-refractivity contribution in [1.29, 1.82) is 0 Å². The highest BCUT2D eigenvalue weighted by molar-refractivity contribution is 5.87. The number of ether oxygens (including phenoxy) is 3. The predicted molar refractivity (Wildman–Crippen MR) is 82.0 cm³/mol. The molecule has 0 N–H and O–H groups in total. The molecule has 0 saturated carbocycles. The van der Waals surface area contributed by atoms with Crippen LogP contribution in [0.1, 0.15) is 21.9 Å². The van der Waals surface area contributed by atoms with Crippen LogP contribution in [0.3, 0.4) is 0 Å². The second-order valence-corrected chi connectivity index (χ2v) is 4.65. The fraction of sp³-hybridized carbons (Fsp3) is 0.176. The topological polar surface area (TPSA) is 75.0 Å². The van der Waals surface area contributed by atoms with E-state index in [0.717, 1.165) is 0 Å². The lowest BCUT2D eigenvalue weighted by atomic mass is 10.2. The van der Waals surface area contributed by atoms with E-state index in [4.69, 9.17) is 9.15 Å². The third-order valence-electron chi connectivity index (χ3n) is 2.92. The van der Waals surface area contributed by atoms with Crippen LogP contribution >= 0.6 is 0 Å².